The summed E-state index contributed by atoms with van der Waals surface area (Å²) in [5.74, 6) is 0.491. The van der Waals surface area contributed by atoms with Gasteiger partial charge in [-0.1, -0.05) is 50.3 Å². The zero-order valence-corrected chi connectivity index (χ0v) is 21.3. The molecule has 186 valence electrons. The summed E-state index contributed by atoms with van der Waals surface area (Å²) in [6.45, 7) is 7.76. The minimum atomic E-state index is -3.62. The molecule has 1 fully saturated rings. The van der Waals surface area contributed by atoms with Crippen molar-refractivity contribution in [3.8, 4) is 5.75 Å². The van der Waals surface area contributed by atoms with Gasteiger partial charge in [0.25, 0.3) is 5.91 Å². The maximum absolute atomic E-state index is 13.1. The molecule has 1 aromatic heterocycles. The van der Waals surface area contributed by atoms with Gasteiger partial charge in [-0.05, 0) is 40.8 Å². The van der Waals surface area contributed by atoms with Crippen molar-refractivity contribution < 1.29 is 17.9 Å². The van der Waals surface area contributed by atoms with Gasteiger partial charge in [-0.25, -0.2) is 13.1 Å². The molecule has 1 aliphatic rings. The zero-order chi connectivity index (χ0) is 25.2. The highest BCUT2D eigenvalue weighted by molar-refractivity contribution is 7.89. The number of hydrogen-bond acceptors (Lipinski definition) is 6. The smallest absolute Gasteiger partial charge is 0.276 e. The number of rotatable bonds is 6. The van der Waals surface area contributed by atoms with E-state index in [2.05, 4.69) is 31.1 Å². The molecule has 1 saturated heterocycles. The van der Waals surface area contributed by atoms with Gasteiger partial charge in [-0.3, -0.25) is 4.79 Å². The van der Waals surface area contributed by atoms with Crippen LogP contribution in [-0.4, -0.2) is 71.8 Å². The molecule has 1 aliphatic heterocycles. The molecule has 0 saturated carbocycles. The molecule has 0 N–H and O–H groups in total. The first-order chi connectivity index (χ1) is 16.6. The Morgan fingerprint density at radius 2 is 1.71 bits per heavy atom. The second kappa shape index (κ2) is 9.79. The summed E-state index contributed by atoms with van der Waals surface area (Å²) in [5, 5.41) is 8.11. The third kappa shape index (κ3) is 5.54. The summed E-state index contributed by atoms with van der Waals surface area (Å²) in [5.41, 5.74) is 2.24. The second-order valence-electron chi connectivity index (χ2n) is 9.62. The molecule has 0 aliphatic carbocycles. The van der Waals surface area contributed by atoms with Crippen LogP contribution in [0, 0.1) is 0 Å². The monoisotopic (exact) mass is 497 g/mol. The van der Waals surface area contributed by atoms with Crippen LogP contribution in [0.4, 0.5) is 0 Å². The van der Waals surface area contributed by atoms with Crippen molar-refractivity contribution in [2.75, 3.05) is 33.3 Å². The Labute approximate surface area is 206 Å². The van der Waals surface area contributed by atoms with Crippen LogP contribution in [0.25, 0.3) is 0 Å². The number of ether oxygens (including phenoxy) is 1. The van der Waals surface area contributed by atoms with Crippen molar-refractivity contribution in [3.05, 3.63) is 71.5 Å². The summed E-state index contributed by atoms with van der Waals surface area (Å²) >= 11 is 0. The Morgan fingerprint density at radius 1 is 1.03 bits per heavy atom. The van der Waals surface area contributed by atoms with Crippen molar-refractivity contribution in [3.63, 3.8) is 0 Å². The fraction of sp³-hybridized carbons (Fsp3) is 0.400. The van der Waals surface area contributed by atoms with E-state index in [0.717, 1.165) is 16.9 Å². The van der Waals surface area contributed by atoms with Crippen LogP contribution in [0.1, 0.15) is 42.4 Å². The first-order valence-corrected chi connectivity index (χ1v) is 12.9. The lowest BCUT2D eigenvalue weighted by Gasteiger charge is -2.33. The minimum absolute atomic E-state index is 0.0515. The lowest BCUT2D eigenvalue weighted by molar-refractivity contribution is 0.0692. The quantitative estimate of drug-likeness (QED) is 0.520. The molecule has 3 aromatic rings. The molecule has 0 atom stereocenters. The molecule has 0 unspecified atom stereocenters. The predicted octanol–water partition coefficient (Wildman–Crippen LogP) is 2.78. The number of amides is 1. The Morgan fingerprint density at radius 3 is 2.34 bits per heavy atom. The van der Waals surface area contributed by atoms with Crippen molar-refractivity contribution in [1.29, 1.82) is 0 Å². The Bertz CT molecular complexity index is 1290. The van der Waals surface area contributed by atoms with E-state index in [1.807, 2.05) is 36.4 Å². The number of benzene rings is 2. The van der Waals surface area contributed by atoms with E-state index in [4.69, 9.17) is 4.74 Å². The van der Waals surface area contributed by atoms with E-state index in [9.17, 15) is 13.2 Å². The third-order valence-electron chi connectivity index (χ3n) is 6.12. The number of carbonyl (C=O) groups excluding carboxylic acids is 1. The van der Waals surface area contributed by atoms with Crippen LogP contribution >= 0.6 is 0 Å². The minimum Gasteiger partial charge on any atom is -0.497 e. The molecule has 35 heavy (non-hydrogen) atoms. The first kappa shape index (κ1) is 24.9. The summed E-state index contributed by atoms with van der Waals surface area (Å²) < 4.78 is 34.5. The highest BCUT2D eigenvalue weighted by atomic mass is 32.2. The summed E-state index contributed by atoms with van der Waals surface area (Å²) in [6.07, 6.45) is 1.61. The van der Waals surface area contributed by atoms with Crippen LogP contribution < -0.4 is 4.74 Å². The van der Waals surface area contributed by atoms with Crippen molar-refractivity contribution in [2.24, 2.45) is 0 Å². The molecular weight excluding hydrogens is 466 g/mol. The number of piperazine rings is 1. The van der Waals surface area contributed by atoms with Gasteiger partial charge in [-0.15, -0.1) is 5.10 Å². The van der Waals surface area contributed by atoms with Crippen LogP contribution in [0.5, 0.6) is 5.75 Å². The Hall–Kier alpha value is -3.24. The summed E-state index contributed by atoms with van der Waals surface area (Å²) in [6, 6.07) is 14.6. The summed E-state index contributed by atoms with van der Waals surface area (Å²) in [7, 11) is -2.01. The molecule has 0 spiro atoms. The van der Waals surface area contributed by atoms with E-state index < -0.39 is 10.0 Å². The second-order valence-corrected chi connectivity index (χ2v) is 11.6. The van der Waals surface area contributed by atoms with Crippen molar-refractivity contribution >= 4 is 15.9 Å². The predicted molar refractivity (Wildman–Crippen MR) is 132 cm³/mol. The molecular formula is C25H31N5O4S. The number of carbonyl (C=O) groups is 1. The van der Waals surface area contributed by atoms with E-state index >= 15 is 0 Å². The maximum atomic E-state index is 13.1. The van der Waals surface area contributed by atoms with E-state index in [0.29, 0.717) is 19.6 Å². The Balaban J connectivity index is 1.37. The fourth-order valence-corrected chi connectivity index (χ4v) is 5.42. The normalized spacial score (nSPS) is 15.3. The lowest BCUT2D eigenvalue weighted by Crippen LogP contribution is -2.50. The molecule has 9 nitrogen and oxygen atoms in total. The van der Waals surface area contributed by atoms with Crippen LogP contribution in [-0.2, 0) is 22.0 Å². The van der Waals surface area contributed by atoms with E-state index in [-0.39, 0.29) is 35.0 Å². The van der Waals surface area contributed by atoms with Gasteiger partial charge in [0.05, 0.1) is 24.7 Å². The number of nitrogens with zero attached hydrogens (tertiary/aromatic N) is 5. The molecule has 0 radical (unpaired) electrons. The fourth-order valence-electron chi connectivity index (χ4n) is 4.00. The van der Waals surface area contributed by atoms with Gasteiger partial charge >= 0.3 is 0 Å². The summed E-state index contributed by atoms with van der Waals surface area (Å²) in [4.78, 5) is 14.8. The van der Waals surface area contributed by atoms with Gasteiger partial charge in [-0.2, -0.15) is 4.31 Å². The largest absolute Gasteiger partial charge is 0.497 e. The van der Waals surface area contributed by atoms with E-state index in [1.165, 1.54) is 4.31 Å². The third-order valence-corrected chi connectivity index (χ3v) is 8.03. The van der Waals surface area contributed by atoms with Gasteiger partial charge in [0.15, 0.2) is 5.69 Å². The van der Waals surface area contributed by atoms with E-state index in [1.54, 1.807) is 35.0 Å². The topological polar surface area (TPSA) is 97.6 Å². The van der Waals surface area contributed by atoms with Gasteiger partial charge in [0, 0.05) is 26.2 Å². The molecule has 4 rings (SSSR count). The zero-order valence-electron chi connectivity index (χ0n) is 20.5. The van der Waals surface area contributed by atoms with Crippen molar-refractivity contribution in [2.45, 2.75) is 37.6 Å². The average molecular weight is 498 g/mol. The number of hydrogen-bond donors (Lipinski definition) is 0. The first-order valence-electron chi connectivity index (χ1n) is 11.5. The van der Waals surface area contributed by atoms with Gasteiger partial charge in [0.1, 0.15) is 5.75 Å². The molecule has 2 heterocycles. The highest BCUT2D eigenvalue weighted by Gasteiger charge is 2.31. The molecule has 10 heteroatoms. The lowest BCUT2D eigenvalue weighted by atomic mass is 9.87. The van der Waals surface area contributed by atoms with Crippen molar-refractivity contribution in [1.82, 2.24) is 24.2 Å². The van der Waals surface area contributed by atoms with Crippen LogP contribution in [0.15, 0.2) is 59.6 Å². The van der Waals surface area contributed by atoms with Gasteiger partial charge in [0.2, 0.25) is 10.0 Å². The maximum Gasteiger partial charge on any atom is 0.276 e. The molecule has 0 bridgehead atoms. The number of methoxy groups -OCH3 is 1. The molecule has 2 aromatic carbocycles. The van der Waals surface area contributed by atoms with Gasteiger partial charge < -0.3 is 9.64 Å². The number of sulfonamides is 1. The van der Waals surface area contributed by atoms with Crippen LogP contribution in [0.2, 0.25) is 0 Å². The Kier molecular flexibility index (Phi) is 6.95. The number of aromatic nitrogens is 3. The molecule has 1 amide bonds. The van der Waals surface area contributed by atoms with Crippen LogP contribution in [0.3, 0.4) is 0 Å². The SMILES string of the molecule is COc1cccc(Cn2cc(C(=O)N3CCN(S(=O)(=O)c4ccc(C(C)(C)C)cc4)CC3)nn2)c1. The highest BCUT2D eigenvalue weighted by Crippen LogP contribution is 2.25. The average Bonchev–Trinajstić information content (AvgIpc) is 3.31. The standard InChI is InChI=1S/C25H31N5O4S/c1-25(2,3)20-8-10-22(11-9-20)35(32,33)30-14-12-28(13-15-30)24(31)23-18-29(27-26-23)17-19-6-5-7-21(16-19)34-4/h5-11,16,18H,12-15,17H2,1-4H3.